The van der Waals surface area contributed by atoms with Crippen LogP contribution in [-0.2, 0) is 12.0 Å². The molecule has 2 rings (SSSR count). The summed E-state index contributed by atoms with van der Waals surface area (Å²) in [6, 6.07) is 6.28. The van der Waals surface area contributed by atoms with E-state index < -0.39 is 0 Å². The minimum absolute atomic E-state index is 0.105. The summed E-state index contributed by atoms with van der Waals surface area (Å²) in [5.41, 5.74) is 8.97. The lowest BCUT2D eigenvalue weighted by Crippen LogP contribution is -2.11. The molecule has 19 heavy (non-hydrogen) atoms. The smallest absolute Gasteiger partial charge is 0.128 e. The molecule has 0 atom stereocenters. The number of benzene rings is 1. The maximum Gasteiger partial charge on any atom is 0.128 e. The molecule has 102 valence electrons. The predicted molar refractivity (Wildman–Crippen MR) is 80.7 cm³/mol. The van der Waals surface area contributed by atoms with Crippen LogP contribution in [0.4, 0.5) is 0 Å². The Morgan fingerprint density at radius 1 is 1.32 bits per heavy atom. The molecule has 4 heteroatoms. The summed E-state index contributed by atoms with van der Waals surface area (Å²) >= 11 is 1.59. The fourth-order valence-electron chi connectivity index (χ4n) is 1.90. The first kappa shape index (κ1) is 14.0. The van der Waals surface area contributed by atoms with Crippen LogP contribution in [0.3, 0.4) is 0 Å². The molecular weight excluding hydrogens is 256 g/mol. The summed E-state index contributed by atoms with van der Waals surface area (Å²) in [5, 5.41) is 2.98. The number of thiazole rings is 1. The lowest BCUT2D eigenvalue weighted by Gasteiger charge is -2.20. The summed E-state index contributed by atoms with van der Waals surface area (Å²) < 4.78 is 5.44. The quantitative estimate of drug-likeness (QED) is 0.932. The van der Waals surface area contributed by atoms with Crippen molar-refractivity contribution in [2.24, 2.45) is 5.73 Å². The molecule has 3 nitrogen and oxygen atoms in total. The van der Waals surface area contributed by atoms with Crippen molar-refractivity contribution in [3.05, 3.63) is 34.2 Å². The van der Waals surface area contributed by atoms with Crippen molar-refractivity contribution in [3.63, 3.8) is 0 Å². The van der Waals surface area contributed by atoms with E-state index >= 15 is 0 Å². The Balaban J connectivity index is 2.53. The molecule has 0 amide bonds. The zero-order valence-corrected chi connectivity index (χ0v) is 12.7. The Morgan fingerprint density at radius 2 is 2.05 bits per heavy atom. The van der Waals surface area contributed by atoms with Crippen molar-refractivity contribution < 1.29 is 4.74 Å². The molecule has 0 aliphatic heterocycles. The Labute approximate surface area is 118 Å². The third-order valence-electron chi connectivity index (χ3n) is 3.07. The van der Waals surface area contributed by atoms with Crippen LogP contribution in [0.25, 0.3) is 11.3 Å². The molecule has 1 aromatic carbocycles. The molecule has 1 heterocycles. The first-order chi connectivity index (χ1) is 8.95. The van der Waals surface area contributed by atoms with E-state index in [1.54, 1.807) is 18.4 Å². The zero-order valence-electron chi connectivity index (χ0n) is 11.9. The lowest BCUT2D eigenvalue weighted by molar-refractivity contribution is 0.415. The van der Waals surface area contributed by atoms with Crippen molar-refractivity contribution in [2.75, 3.05) is 7.11 Å². The van der Waals surface area contributed by atoms with Crippen LogP contribution in [0.5, 0.6) is 5.75 Å². The van der Waals surface area contributed by atoms with Crippen LogP contribution in [0.15, 0.2) is 23.6 Å². The summed E-state index contributed by atoms with van der Waals surface area (Å²) in [4.78, 5) is 4.54. The topological polar surface area (TPSA) is 48.1 Å². The highest BCUT2D eigenvalue weighted by Gasteiger charge is 2.17. The molecule has 2 N–H and O–H groups in total. The number of rotatable bonds is 3. The van der Waals surface area contributed by atoms with Gasteiger partial charge in [0.25, 0.3) is 0 Å². The lowest BCUT2D eigenvalue weighted by atomic mass is 9.86. The SMILES string of the molecule is COc1ccc(C(C)(C)C)cc1-c1csc(CN)n1. The molecule has 0 aliphatic rings. The van der Waals surface area contributed by atoms with E-state index in [9.17, 15) is 0 Å². The van der Waals surface area contributed by atoms with Gasteiger partial charge in [0, 0.05) is 17.5 Å². The minimum atomic E-state index is 0.105. The van der Waals surface area contributed by atoms with E-state index in [0.29, 0.717) is 6.54 Å². The molecule has 1 aromatic heterocycles. The molecule has 0 spiro atoms. The maximum atomic E-state index is 5.63. The number of nitrogens with two attached hydrogens (primary N) is 1. The summed E-state index contributed by atoms with van der Waals surface area (Å²) in [5.74, 6) is 0.849. The summed E-state index contributed by atoms with van der Waals surface area (Å²) in [7, 11) is 1.69. The second kappa shape index (κ2) is 5.31. The average Bonchev–Trinajstić information content (AvgIpc) is 2.85. The van der Waals surface area contributed by atoms with Gasteiger partial charge < -0.3 is 10.5 Å². The average molecular weight is 276 g/mol. The van der Waals surface area contributed by atoms with Crippen molar-refractivity contribution in [3.8, 4) is 17.0 Å². The van der Waals surface area contributed by atoms with Gasteiger partial charge in [0.15, 0.2) is 0 Å². The number of methoxy groups -OCH3 is 1. The fourth-order valence-corrected chi connectivity index (χ4v) is 2.58. The van der Waals surface area contributed by atoms with Crippen LogP contribution in [-0.4, -0.2) is 12.1 Å². The van der Waals surface area contributed by atoms with Gasteiger partial charge in [0.1, 0.15) is 10.8 Å². The van der Waals surface area contributed by atoms with Gasteiger partial charge in [-0.15, -0.1) is 11.3 Å². The second-order valence-electron chi connectivity index (χ2n) is 5.50. The highest BCUT2D eigenvalue weighted by Crippen LogP contribution is 2.35. The minimum Gasteiger partial charge on any atom is -0.496 e. The standard InChI is InChI=1S/C15H20N2OS/c1-15(2,3)10-5-6-13(18-4)11(7-10)12-9-19-14(8-16)17-12/h5-7,9H,8,16H2,1-4H3. The molecule has 0 aliphatic carbocycles. The van der Waals surface area contributed by atoms with E-state index in [1.165, 1.54) is 5.56 Å². The molecule has 0 bridgehead atoms. The fraction of sp³-hybridized carbons (Fsp3) is 0.400. The molecule has 0 saturated carbocycles. The monoisotopic (exact) mass is 276 g/mol. The van der Waals surface area contributed by atoms with Gasteiger partial charge in [-0.1, -0.05) is 26.8 Å². The van der Waals surface area contributed by atoms with Gasteiger partial charge in [-0.3, -0.25) is 0 Å². The Bertz CT molecular complexity index is 570. The van der Waals surface area contributed by atoms with Crippen molar-refractivity contribution >= 4 is 11.3 Å². The van der Waals surface area contributed by atoms with E-state index in [2.05, 4.69) is 37.9 Å². The van der Waals surface area contributed by atoms with Crippen LogP contribution < -0.4 is 10.5 Å². The van der Waals surface area contributed by atoms with Crippen LogP contribution in [0.1, 0.15) is 31.3 Å². The molecule has 0 radical (unpaired) electrons. The van der Waals surface area contributed by atoms with Crippen LogP contribution >= 0.6 is 11.3 Å². The van der Waals surface area contributed by atoms with Gasteiger partial charge in [-0.2, -0.15) is 0 Å². The molecule has 0 saturated heterocycles. The third kappa shape index (κ3) is 2.96. The molecule has 0 fully saturated rings. The zero-order chi connectivity index (χ0) is 14.0. The van der Waals surface area contributed by atoms with Crippen molar-refractivity contribution in [2.45, 2.75) is 32.7 Å². The normalized spacial score (nSPS) is 11.6. The van der Waals surface area contributed by atoms with Gasteiger partial charge >= 0.3 is 0 Å². The number of nitrogens with zero attached hydrogens (tertiary/aromatic N) is 1. The first-order valence-electron chi connectivity index (χ1n) is 6.29. The van der Waals surface area contributed by atoms with Gasteiger partial charge in [-0.05, 0) is 23.1 Å². The number of hydrogen-bond acceptors (Lipinski definition) is 4. The van der Waals surface area contributed by atoms with Crippen molar-refractivity contribution in [1.29, 1.82) is 0 Å². The predicted octanol–water partition coefficient (Wildman–Crippen LogP) is 3.57. The van der Waals surface area contributed by atoms with E-state index in [1.807, 2.05) is 11.4 Å². The van der Waals surface area contributed by atoms with Gasteiger partial charge in [0.05, 0.1) is 12.8 Å². The van der Waals surface area contributed by atoms with Crippen LogP contribution in [0, 0.1) is 0 Å². The van der Waals surface area contributed by atoms with E-state index in [4.69, 9.17) is 10.5 Å². The summed E-state index contributed by atoms with van der Waals surface area (Å²) in [6.07, 6.45) is 0. The first-order valence-corrected chi connectivity index (χ1v) is 7.17. The van der Waals surface area contributed by atoms with E-state index in [0.717, 1.165) is 22.0 Å². The Morgan fingerprint density at radius 3 is 2.58 bits per heavy atom. The summed E-state index contributed by atoms with van der Waals surface area (Å²) in [6.45, 7) is 7.08. The van der Waals surface area contributed by atoms with Gasteiger partial charge in [0.2, 0.25) is 0 Å². The largest absolute Gasteiger partial charge is 0.496 e. The van der Waals surface area contributed by atoms with Gasteiger partial charge in [-0.25, -0.2) is 4.98 Å². The van der Waals surface area contributed by atoms with E-state index in [-0.39, 0.29) is 5.41 Å². The highest BCUT2D eigenvalue weighted by molar-refractivity contribution is 7.09. The number of aromatic nitrogens is 1. The van der Waals surface area contributed by atoms with Crippen LogP contribution in [0.2, 0.25) is 0 Å². The molecule has 2 aromatic rings. The highest BCUT2D eigenvalue weighted by atomic mass is 32.1. The third-order valence-corrected chi connectivity index (χ3v) is 3.94. The maximum absolute atomic E-state index is 5.63. The Kier molecular flexibility index (Phi) is 3.92. The number of hydrogen-bond donors (Lipinski definition) is 1. The molecule has 0 unspecified atom stereocenters. The number of ether oxygens (including phenoxy) is 1. The Hall–Kier alpha value is -1.39. The van der Waals surface area contributed by atoms with Crippen molar-refractivity contribution in [1.82, 2.24) is 4.98 Å². The second-order valence-corrected chi connectivity index (χ2v) is 6.44. The molecular formula is C15H20N2OS.